The van der Waals surface area contributed by atoms with Gasteiger partial charge in [0.15, 0.2) is 5.17 Å². The van der Waals surface area contributed by atoms with E-state index in [1.807, 2.05) is 60.7 Å². The highest BCUT2D eigenvalue weighted by molar-refractivity contribution is 8.18. The number of aliphatic carboxylic acids is 1. The Hall–Kier alpha value is -4.36. The summed E-state index contributed by atoms with van der Waals surface area (Å²) in [7, 11) is 0. The number of amidine groups is 1. The molecule has 1 saturated heterocycles. The van der Waals surface area contributed by atoms with E-state index in [0.717, 1.165) is 28.5 Å². The third kappa shape index (κ3) is 6.26. The van der Waals surface area contributed by atoms with Gasteiger partial charge < -0.3 is 15.2 Å². The van der Waals surface area contributed by atoms with Crippen LogP contribution in [0, 0.1) is 0 Å². The second-order valence-electron chi connectivity index (χ2n) is 8.54. The summed E-state index contributed by atoms with van der Waals surface area (Å²) in [6.07, 6.45) is 2.57. The van der Waals surface area contributed by atoms with Crippen LogP contribution in [0.15, 0.2) is 101 Å². The van der Waals surface area contributed by atoms with E-state index in [1.54, 1.807) is 24.3 Å². The smallest absolute Gasteiger partial charge is 0.307 e. The summed E-state index contributed by atoms with van der Waals surface area (Å²) in [5, 5.41) is 14.3. The second-order valence-corrected chi connectivity index (χ2v) is 9.57. The molecule has 1 aliphatic rings. The lowest BCUT2D eigenvalue weighted by molar-refractivity contribution is -0.136. The molecule has 6 nitrogen and oxygen atoms in total. The molecule has 4 aromatic carbocycles. The van der Waals surface area contributed by atoms with Crippen LogP contribution in [0.4, 0.5) is 5.69 Å². The van der Waals surface area contributed by atoms with E-state index in [4.69, 9.17) is 9.84 Å². The van der Waals surface area contributed by atoms with Crippen LogP contribution in [0.5, 0.6) is 5.75 Å². The number of carboxylic acid groups (broad SMARTS) is 1. The lowest BCUT2D eigenvalue weighted by Gasteiger charge is -2.12. The Bertz CT molecular complexity index is 1510. The van der Waals surface area contributed by atoms with E-state index in [0.29, 0.717) is 27.9 Å². The van der Waals surface area contributed by atoms with Crippen LogP contribution in [-0.2, 0) is 22.4 Å². The largest absolute Gasteiger partial charge is 0.493 e. The summed E-state index contributed by atoms with van der Waals surface area (Å²) in [6, 6.07) is 29.2. The van der Waals surface area contributed by atoms with Crippen molar-refractivity contribution in [1.29, 1.82) is 0 Å². The van der Waals surface area contributed by atoms with E-state index in [9.17, 15) is 9.59 Å². The predicted octanol–water partition coefficient (Wildman–Crippen LogP) is 5.98. The fourth-order valence-electron chi connectivity index (χ4n) is 4.00. The van der Waals surface area contributed by atoms with E-state index in [1.165, 1.54) is 17.3 Å². The molecule has 1 fully saturated rings. The number of hydrogen-bond donors (Lipinski definition) is 2. The molecule has 2 N–H and O–H groups in total. The molecular formula is C30H24N2O4S. The first kappa shape index (κ1) is 24.3. The summed E-state index contributed by atoms with van der Waals surface area (Å²) in [6.45, 7) is 0.516. The molecule has 1 heterocycles. The Labute approximate surface area is 218 Å². The Balaban J connectivity index is 1.37. The first-order chi connectivity index (χ1) is 18.0. The van der Waals surface area contributed by atoms with Crippen LogP contribution in [0.25, 0.3) is 16.8 Å². The monoisotopic (exact) mass is 508 g/mol. The molecule has 184 valence electrons. The minimum absolute atomic E-state index is 0.0449. The Kier molecular flexibility index (Phi) is 7.33. The van der Waals surface area contributed by atoms with Crippen molar-refractivity contribution in [2.24, 2.45) is 4.99 Å². The molecule has 0 atom stereocenters. The van der Waals surface area contributed by atoms with Gasteiger partial charge in [0.1, 0.15) is 5.75 Å². The molecule has 1 amide bonds. The minimum atomic E-state index is -0.885. The summed E-state index contributed by atoms with van der Waals surface area (Å²) >= 11 is 1.26. The minimum Gasteiger partial charge on any atom is -0.493 e. The summed E-state index contributed by atoms with van der Waals surface area (Å²) in [4.78, 5) is 28.6. The molecule has 37 heavy (non-hydrogen) atoms. The summed E-state index contributed by atoms with van der Waals surface area (Å²) in [5.41, 5.74) is 3.35. The number of ether oxygens (including phenoxy) is 1. The number of amides is 1. The number of fused-ring (bicyclic) bond motifs is 1. The van der Waals surface area contributed by atoms with Gasteiger partial charge in [0.25, 0.3) is 5.91 Å². The quantitative estimate of drug-likeness (QED) is 0.286. The van der Waals surface area contributed by atoms with Crippen molar-refractivity contribution in [3.63, 3.8) is 0 Å². The fourth-order valence-corrected chi connectivity index (χ4v) is 4.83. The van der Waals surface area contributed by atoms with E-state index >= 15 is 0 Å². The van der Waals surface area contributed by atoms with Gasteiger partial charge in [-0.3, -0.25) is 9.59 Å². The lowest BCUT2D eigenvalue weighted by Crippen LogP contribution is -2.19. The first-order valence-electron chi connectivity index (χ1n) is 11.8. The fraction of sp³-hybridized carbons (Fsp3) is 0.100. The topological polar surface area (TPSA) is 88.0 Å². The Morgan fingerprint density at radius 1 is 0.919 bits per heavy atom. The van der Waals surface area contributed by atoms with Gasteiger partial charge in [0.2, 0.25) is 0 Å². The molecule has 0 aromatic heterocycles. The maximum Gasteiger partial charge on any atom is 0.307 e. The van der Waals surface area contributed by atoms with Crippen LogP contribution in [0.3, 0.4) is 0 Å². The van der Waals surface area contributed by atoms with Crippen LogP contribution in [0.2, 0.25) is 0 Å². The average Bonchev–Trinajstić information content (AvgIpc) is 3.24. The highest BCUT2D eigenvalue weighted by atomic mass is 32.2. The molecule has 5 rings (SSSR count). The van der Waals surface area contributed by atoms with Gasteiger partial charge >= 0.3 is 5.97 Å². The second kappa shape index (κ2) is 11.1. The molecule has 0 bridgehead atoms. The number of carbonyl (C=O) groups is 2. The van der Waals surface area contributed by atoms with E-state index < -0.39 is 5.97 Å². The number of thioether (sulfide) groups is 1. The first-order valence-corrected chi connectivity index (χ1v) is 12.6. The van der Waals surface area contributed by atoms with Crippen molar-refractivity contribution in [3.8, 4) is 5.75 Å². The standard InChI is InChI=1S/C30H24N2O4S/c33-28(34)16-21-10-12-25(13-11-21)31-30-32-29(35)27(37-30)19-24-17-22-8-4-5-9-23(22)18-26(24)36-15-14-20-6-2-1-3-7-20/h1-13,17-19H,14-16H2,(H,33,34)(H,31,32,35). The van der Waals surface area contributed by atoms with Gasteiger partial charge in [0.05, 0.1) is 23.6 Å². The van der Waals surface area contributed by atoms with Gasteiger partial charge in [-0.05, 0) is 64.0 Å². The van der Waals surface area contributed by atoms with Crippen molar-refractivity contribution in [2.75, 3.05) is 6.61 Å². The van der Waals surface area contributed by atoms with Gasteiger partial charge in [-0.15, -0.1) is 0 Å². The summed E-state index contributed by atoms with van der Waals surface area (Å²) < 4.78 is 6.20. The molecule has 0 saturated carbocycles. The average molecular weight is 509 g/mol. The molecule has 0 unspecified atom stereocenters. The van der Waals surface area contributed by atoms with E-state index in [2.05, 4.69) is 22.4 Å². The van der Waals surface area contributed by atoms with Crippen molar-refractivity contribution in [3.05, 3.63) is 113 Å². The number of carboxylic acids is 1. The van der Waals surface area contributed by atoms with Crippen molar-refractivity contribution >= 4 is 51.3 Å². The number of benzene rings is 4. The Morgan fingerprint density at radius 2 is 1.62 bits per heavy atom. The van der Waals surface area contributed by atoms with E-state index in [-0.39, 0.29) is 12.3 Å². The van der Waals surface area contributed by atoms with Crippen LogP contribution in [0.1, 0.15) is 16.7 Å². The van der Waals surface area contributed by atoms with Crippen LogP contribution < -0.4 is 10.1 Å². The van der Waals surface area contributed by atoms with Crippen LogP contribution >= 0.6 is 11.8 Å². The molecule has 0 radical (unpaired) electrons. The third-order valence-corrected chi connectivity index (χ3v) is 6.74. The SMILES string of the molecule is O=C(O)Cc1ccc(N=C2NC(=O)C(=Cc3cc4ccccc4cc3OCCc3ccccc3)S2)cc1. The van der Waals surface area contributed by atoms with Gasteiger partial charge in [0, 0.05) is 12.0 Å². The highest BCUT2D eigenvalue weighted by Gasteiger charge is 2.24. The Morgan fingerprint density at radius 3 is 2.35 bits per heavy atom. The van der Waals surface area contributed by atoms with Gasteiger partial charge in [-0.2, -0.15) is 0 Å². The zero-order valence-corrected chi connectivity index (χ0v) is 20.7. The number of hydrogen-bond acceptors (Lipinski definition) is 5. The molecule has 4 aromatic rings. The number of nitrogens with one attached hydrogen (secondary N) is 1. The molecule has 0 aliphatic carbocycles. The third-order valence-electron chi connectivity index (χ3n) is 5.83. The predicted molar refractivity (Wildman–Crippen MR) is 148 cm³/mol. The highest BCUT2D eigenvalue weighted by Crippen LogP contribution is 2.33. The number of aliphatic imine (C=N–C) groups is 1. The van der Waals surface area contributed by atoms with Gasteiger partial charge in [-0.25, -0.2) is 4.99 Å². The van der Waals surface area contributed by atoms with Crippen molar-refractivity contribution in [2.45, 2.75) is 12.8 Å². The normalized spacial score (nSPS) is 15.3. The van der Waals surface area contributed by atoms with Crippen molar-refractivity contribution in [1.82, 2.24) is 5.32 Å². The maximum absolute atomic E-state index is 12.7. The number of carbonyl (C=O) groups excluding carboxylic acids is 1. The zero-order valence-electron chi connectivity index (χ0n) is 19.9. The number of rotatable bonds is 8. The number of nitrogens with zero attached hydrogens (tertiary/aromatic N) is 1. The van der Waals surface area contributed by atoms with Gasteiger partial charge in [-0.1, -0.05) is 66.7 Å². The molecule has 1 aliphatic heterocycles. The van der Waals surface area contributed by atoms with Crippen molar-refractivity contribution < 1.29 is 19.4 Å². The summed E-state index contributed by atoms with van der Waals surface area (Å²) in [5.74, 6) is -0.394. The van der Waals surface area contributed by atoms with Crippen LogP contribution in [-0.4, -0.2) is 28.8 Å². The lowest BCUT2D eigenvalue weighted by atomic mass is 10.1. The molecule has 7 heteroatoms. The zero-order chi connectivity index (χ0) is 25.6. The maximum atomic E-state index is 12.7. The molecule has 0 spiro atoms. The molecular weight excluding hydrogens is 484 g/mol.